The van der Waals surface area contributed by atoms with Crippen LogP contribution < -0.4 is 0 Å². The van der Waals surface area contributed by atoms with E-state index in [0.29, 0.717) is 17.2 Å². The lowest BCUT2D eigenvalue weighted by atomic mass is 10.1. The fraction of sp³-hybridized carbons (Fsp3) is 0.583. The summed E-state index contributed by atoms with van der Waals surface area (Å²) in [5.74, 6) is 0.289. The highest BCUT2D eigenvalue weighted by atomic mass is 35.5. The maximum Gasteiger partial charge on any atom is 0.153 e. The average molecular weight is 244 g/mol. The van der Waals surface area contributed by atoms with Crippen LogP contribution in [0.2, 0.25) is 5.02 Å². The zero-order valence-corrected chi connectivity index (χ0v) is 11.0. The molecule has 0 atom stereocenters. The van der Waals surface area contributed by atoms with Crippen LogP contribution in [0.5, 0.6) is 0 Å². The third-order valence-electron chi connectivity index (χ3n) is 2.73. The van der Waals surface area contributed by atoms with Crippen LogP contribution in [0.3, 0.4) is 0 Å². The van der Waals surface area contributed by atoms with Crippen LogP contribution >= 0.6 is 11.6 Å². The lowest BCUT2D eigenvalue weighted by Gasteiger charge is -2.13. The first-order chi connectivity index (χ1) is 7.54. The number of aldehydes is 1. The first-order valence-corrected chi connectivity index (χ1v) is 5.75. The van der Waals surface area contributed by atoms with Crippen molar-refractivity contribution in [3.8, 4) is 0 Å². The van der Waals surface area contributed by atoms with Gasteiger partial charge in [0.1, 0.15) is 0 Å². The van der Waals surface area contributed by atoms with Gasteiger partial charge in [-0.2, -0.15) is 0 Å². The number of carbonyl (C=O) groups excluding carboxylic acids is 1. The van der Waals surface area contributed by atoms with Gasteiger partial charge >= 0.3 is 0 Å². The number of nitrogens with zero attached hydrogens (tertiary/aromatic N) is 1. The van der Waals surface area contributed by atoms with Gasteiger partial charge in [-0.15, -0.1) is 0 Å². The Morgan fingerprint density at radius 1 is 1.50 bits per heavy atom. The van der Waals surface area contributed by atoms with Crippen molar-refractivity contribution < 1.29 is 9.53 Å². The number of rotatable bonds is 5. The monoisotopic (exact) mass is 243 g/mol. The summed E-state index contributed by atoms with van der Waals surface area (Å²) < 4.78 is 7.14. The molecule has 0 aromatic carbocycles. The predicted octanol–water partition coefficient (Wildman–Crippen LogP) is 3.03. The van der Waals surface area contributed by atoms with Crippen LogP contribution in [-0.4, -0.2) is 24.6 Å². The van der Waals surface area contributed by atoms with Crippen molar-refractivity contribution in [1.82, 2.24) is 4.57 Å². The van der Waals surface area contributed by atoms with E-state index in [0.717, 1.165) is 24.2 Å². The van der Waals surface area contributed by atoms with E-state index < -0.39 is 0 Å². The Balaban J connectivity index is 3.26. The van der Waals surface area contributed by atoms with Crippen LogP contribution in [0.4, 0.5) is 0 Å². The molecule has 0 amide bonds. The highest BCUT2D eigenvalue weighted by Crippen LogP contribution is 2.31. The minimum absolute atomic E-state index is 0.289. The molecule has 16 heavy (non-hydrogen) atoms. The molecule has 0 radical (unpaired) electrons. The largest absolute Gasteiger partial charge is 0.383 e. The van der Waals surface area contributed by atoms with Gasteiger partial charge in [-0.1, -0.05) is 25.4 Å². The molecule has 1 rings (SSSR count). The zero-order valence-electron chi connectivity index (χ0n) is 10.2. The van der Waals surface area contributed by atoms with Gasteiger partial charge in [0.05, 0.1) is 17.2 Å². The molecule has 4 heteroatoms. The van der Waals surface area contributed by atoms with E-state index in [4.69, 9.17) is 16.3 Å². The molecule has 0 saturated heterocycles. The van der Waals surface area contributed by atoms with Crippen molar-refractivity contribution in [3.63, 3.8) is 0 Å². The first-order valence-electron chi connectivity index (χ1n) is 5.37. The maximum atomic E-state index is 11.0. The Kier molecular flexibility index (Phi) is 4.56. The molecule has 0 aliphatic heterocycles. The second kappa shape index (κ2) is 5.51. The second-order valence-corrected chi connectivity index (χ2v) is 4.49. The van der Waals surface area contributed by atoms with Crippen molar-refractivity contribution in [1.29, 1.82) is 0 Å². The Morgan fingerprint density at radius 2 is 2.12 bits per heavy atom. The Bertz CT molecular complexity index is 383. The molecule has 0 aliphatic carbocycles. The van der Waals surface area contributed by atoms with Gasteiger partial charge in [0, 0.05) is 25.0 Å². The molecule has 0 unspecified atom stereocenters. The van der Waals surface area contributed by atoms with Gasteiger partial charge in [0.15, 0.2) is 6.29 Å². The molecule has 3 nitrogen and oxygen atoms in total. The van der Waals surface area contributed by atoms with Gasteiger partial charge in [0.25, 0.3) is 0 Å². The Hall–Kier alpha value is -0.800. The van der Waals surface area contributed by atoms with Crippen molar-refractivity contribution in [2.24, 2.45) is 0 Å². The summed E-state index contributed by atoms with van der Waals surface area (Å²) in [7, 11) is 1.66. The lowest BCUT2D eigenvalue weighted by molar-refractivity contribution is 0.112. The quantitative estimate of drug-likeness (QED) is 0.745. The number of carbonyl (C=O) groups is 1. The van der Waals surface area contributed by atoms with E-state index in [2.05, 4.69) is 18.4 Å². The third kappa shape index (κ3) is 2.30. The number of hydrogen-bond donors (Lipinski definition) is 0. The van der Waals surface area contributed by atoms with E-state index >= 15 is 0 Å². The second-order valence-electron chi connectivity index (χ2n) is 4.12. The predicted molar refractivity (Wildman–Crippen MR) is 65.5 cm³/mol. The molecule has 1 heterocycles. The van der Waals surface area contributed by atoms with E-state index in [1.54, 1.807) is 7.11 Å². The number of methoxy groups -OCH3 is 1. The molecule has 1 aromatic heterocycles. The molecule has 0 bridgehead atoms. The van der Waals surface area contributed by atoms with E-state index in [1.165, 1.54) is 0 Å². The SMILES string of the molecule is COCCn1c(C)c(C=O)c(Cl)c1C(C)C. The number of ether oxygens (including phenoxy) is 1. The molecular weight excluding hydrogens is 226 g/mol. The minimum Gasteiger partial charge on any atom is -0.383 e. The topological polar surface area (TPSA) is 31.2 Å². The fourth-order valence-corrected chi connectivity index (χ4v) is 2.42. The minimum atomic E-state index is 0.289. The highest BCUT2D eigenvalue weighted by molar-refractivity contribution is 6.34. The van der Waals surface area contributed by atoms with E-state index in [-0.39, 0.29) is 5.92 Å². The van der Waals surface area contributed by atoms with Crippen molar-refractivity contribution in [2.75, 3.05) is 13.7 Å². The highest BCUT2D eigenvalue weighted by Gasteiger charge is 2.20. The molecule has 0 spiro atoms. The van der Waals surface area contributed by atoms with Gasteiger partial charge < -0.3 is 9.30 Å². The van der Waals surface area contributed by atoms with Crippen LogP contribution in [0.25, 0.3) is 0 Å². The van der Waals surface area contributed by atoms with Crippen molar-refractivity contribution >= 4 is 17.9 Å². The van der Waals surface area contributed by atoms with Gasteiger partial charge in [-0.3, -0.25) is 4.79 Å². The number of halogens is 1. The van der Waals surface area contributed by atoms with Crippen LogP contribution in [0.15, 0.2) is 0 Å². The molecule has 0 aliphatic rings. The summed E-state index contributed by atoms with van der Waals surface area (Å²) in [6, 6.07) is 0. The zero-order chi connectivity index (χ0) is 12.3. The smallest absolute Gasteiger partial charge is 0.153 e. The summed E-state index contributed by atoms with van der Waals surface area (Å²) in [4.78, 5) is 11.0. The Labute approximate surface area is 101 Å². The number of hydrogen-bond acceptors (Lipinski definition) is 2. The fourth-order valence-electron chi connectivity index (χ4n) is 1.91. The summed E-state index contributed by atoms with van der Waals surface area (Å²) in [5.41, 5.74) is 2.53. The summed E-state index contributed by atoms with van der Waals surface area (Å²) in [6.45, 7) is 7.39. The summed E-state index contributed by atoms with van der Waals surface area (Å²) >= 11 is 6.22. The lowest BCUT2D eigenvalue weighted by Crippen LogP contribution is -2.10. The third-order valence-corrected chi connectivity index (χ3v) is 3.13. The molecule has 0 fully saturated rings. The van der Waals surface area contributed by atoms with E-state index in [9.17, 15) is 4.79 Å². The van der Waals surface area contributed by atoms with E-state index in [1.807, 2.05) is 6.92 Å². The van der Waals surface area contributed by atoms with Crippen LogP contribution in [-0.2, 0) is 11.3 Å². The standard InChI is InChI=1S/C12H18ClNO2/c1-8(2)12-11(13)10(7-15)9(3)14(12)5-6-16-4/h7-8H,5-6H2,1-4H3. The van der Waals surface area contributed by atoms with Crippen LogP contribution in [0.1, 0.15) is 41.5 Å². The van der Waals surface area contributed by atoms with Crippen LogP contribution in [0, 0.1) is 6.92 Å². The molecule has 0 saturated carbocycles. The Morgan fingerprint density at radius 3 is 2.56 bits per heavy atom. The van der Waals surface area contributed by atoms with Crippen molar-refractivity contribution in [3.05, 3.63) is 22.0 Å². The van der Waals surface area contributed by atoms with Gasteiger partial charge in [-0.05, 0) is 12.8 Å². The summed E-state index contributed by atoms with van der Waals surface area (Å²) in [5, 5.41) is 0.582. The average Bonchev–Trinajstić information content (AvgIpc) is 2.47. The summed E-state index contributed by atoms with van der Waals surface area (Å²) in [6.07, 6.45) is 0.826. The number of aromatic nitrogens is 1. The maximum absolute atomic E-state index is 11.0. The normalized spacial score (nSPS) is 11.1. The molecule has 1 aromatic rings. The molecular formula is C12H18ClNO2. The van der Waals surface area contributed by atoms with Crippen molar-refractivity contribution in [2.45, 2.75) is 33.2 Å². The first kappa shape index (κ1) is 13.3. The van der Waals surface area contributed by atoms with Gasteiger partial charge in [-0.25, -0.2) is 0 Å². The molecule has 0 N–H and O–H groups in total. The molecule has 90 valence electrons. The van der Waals surface area contributed by atoms with Gasteiger partial charge in [0.2, 0.25) is 0 Å².